The average molecular weight is 625 g/mol. The number of ether oxygens (including phenoxy) is 2. The fraction of sp³-hybridized carbons (Fsp3) is 0.949. The molecule has 262 valence electrons. The van der Waals surface area contributed by atoms with Gasteiger partial charge in [-0.25, -0.2) is 0 Å². The van der Waals surface area contributed by atoms with E-state index in [2.05, 4.69) is 13.8 Å². The van der Waals surface area contributed by atoms with Crippen LogP contribution >= 0.6 is 0 Å². The number of rotatable bonds is 36. The minimum Gasteiger partial charge on any atom is -0.463 e. The van der Waals surface area contributed by atoms with Gasteiger partial charge in [-0.05, 0) is 12.8 Å². The van der Waals surface area contributed by atoms with E-state index >= 15 is 0 Å². The summed E-state index contributed by atoms with van der Waals surface area (Å²) in [5.41, 5.74) is 0. The quantitative estimate of drug-likeness (QED) is 0.0554. The molecule has 0 rings (SSSR count). The van der Waals surface area contributed by atoms with E-state index in [0.717, 1.165) is 25.7 Å². The maximum atomic E-state index is 12.0. The Balaban J connectivity index is 3.37. The lowest BCUT2D eigenvalue weighted by atomic mass is 10.0. The Morgan fingerprint density at radius 2 is 0.591 bits per heavy atom. The molecule has 0 amide bonds. The maximum absolute atomic E-state index is 12.0. The van der Waals surface area contributed by atoms with Crippen LogP contribution in [0.4, 0.5) is 0 Å². The van der Waals surface area contributed by atoms with Crippen LogP contribution in [0.3, 0.4) is 0 Å². The fourth-order valence-corrected chi connectivity index (χ4v) is 5.85. The summed E-state index contributed by atoms with van der Waals surface area (Å²) in [6.07, 6.45) is 38.7. The highest BCUT2D eigenvalue weighted by molar-refractivity contribution is 5.69. The molecule has 0 unspecified atom stereocenters. The minimum absolute atomic E-state index is 0.107. The lowest BCUT2D eigenvalue weighted by molar-refractivity contribution is -0.152. The van der Waals surface area contributed by atoms with Crippen LogP contribution in [0.15, 0.2) is 0 Å². The Morgan fingerprint density at radius 1 is 0.386 bits per heavy atom. The number of aliphatic hydroxyl groups excluding tert-OH is 1. The van der Waals surface area contributed by atoms with Gasteiger partial charge in [0.2, 0.25) is 0 Å². The van der Waals surface area contributed by atoms with Crippen molar-refractivity contribution in [3.63, 3.8) is 0 Å². The molecule has 0 aliphatic rings. The molecule has 0 aromatic heterocycles. The highest BCUT2D eigenvalue weighted by Crippen LogP contribution is 2.15. The van der Waals surface area contributed by atoms with Crippen molar-refractivity contribution in [3.8, 4) is 0 Å². The van der Waals surface area contributed by atoms with Crippen LogP contribution in [0.5, 0.6) is 0 Å². The van der Waals surface area contributed by atoms with E-state index in [9.17, 15) is 14.7 Å². The first-order valence-corrected chi connectivity index (χ1v) is 19.6. The molecule has 0 aromatic rings. The summed E-state index contributed by atoms with van der Waals surface area (Å²) < 4.78 is 10.3. The molecular formula is C39H76O5. The Labute approximate surface area is 274 Å². The third kappa shape index (κ3) is 35.4. The van der Waals surface area contributed by atoms with E-state index < -0.39 is 6.10 Å². The topological polar surface area (TPSA) is 72.8 Å². The van der Waals surface area contributed by atoms with Gasteiger partial charge in [-0.15, -0.1) is 0 Å². The van der Waals surface area contributed by atoms with E-state index in [1.807, 2.05) is 0 Å². The number of carbonyl (C=O) groups is 2. The Kier molecular flexibility index (Phi) is 35.5. The minimum atomic E-state index is -0.954. The van der Waals surface area contributed by atoms with Crippen molar-refractivity contribution in [2.75, 3.05) is 13.2 Å². The molecule has 0 aromatic carbocycles. The lowest BCUT2D eigenvalue weighted by Gasteiger charge is -2.12. The van der Waals surface area contributed by atoms with Crippen LogP contribution in [-0.2, 0) is 19.1 Å². The Hall–Kier alpha value is -1.10. The van der Waals surface area contributed by atoms with Crippen molar-refractivity contribution in [1.82, 2.24) is 0 Å². The van der Waals surface area contributed by atoms with Gasteiger partial charge in [-0.3, -0.25) is 9.59 Å². The Morgan fingerprint density at radius 3 is 0.818 bits per heavy atom. The molecule has 0 heterocycles. The second kappa shape index (κ2) is 36.4. The van der Waals surface area contributed by atoms with Crippen molar-refractivity contribution < 1.29 is 24.2 Å². The molecule has 1 atom stereocenters. The second-order valence-corrected chi connectivity index (χ2v) is 13.4. The zero-order chi connectivity index (χ0) is 32.2. The summed E-state index contributed by atoms with van der Waals surface area (Å²) >= 11 is 0. The van der Waals surface area contributed by atoms with Gasteiger partial charge in [0.25, 0.3) is 0 Å². The van der Waals surface area contributed by atoms with Crippen molar-refractivity contribution in [3.05, 3.63) is 0 Å². The molecule has 5 heteroatoms. The SMILES string of the molecule is CCCCCCCCCCCCCCCCCCCC(=O)OC[C@@H](O)COC(=O)CCCCCCCCCCCCCCC. The van der Waals surface area contributed by atoms with E-state index in [4.69, 9.17) is 9.47 Å². The van der Waals surface area contributed by atoms with Crippen LogP contribution in [0.2, 0.25) is 0 Å². The van der Waals surface area contributed by atoms with Gasteiger partial charge in [0.05, 0.1) is 0 Å². The highest BCUT2D eigenvalue weighted by atomic mass is 16.6. The maximum Gasteiger partial charge on any atom is 0.305 e. The number of carbonyl (C=O) groups excluding carboxylic acids is 2. The molecule has 5 nitrogen and oxygen atoms in total. The molecule has 0 bridgehead atoms. The van der Waals surface area contributed by atoms with Crippen LogP contribution in [0.1, 0.15) is 219 Å². The van der Waals surface area contributed by atoms with Crippen LogP contribution in [0.25, 0.3) is 0 Å². The molecule has 0 spiro atoms. The average Bonchev–Trinajstić information content (AvgIpc) is 3.02. The van der Waals surface area contributed by atoms with E-state index in [0.29, 0.717) is 12.8 Å². The summed E-state index contributed by atoms with van der Waals surface area (Å²) in [5, 5.41) is 10.00. The summed E-state index contributed by atoms with van der Waals surface area (Å²) in [5.74, 6) is -0.551. The zero-order valence-corrected chi connectivity index (χ0v) is 29.7. The van der Waals surface area contributed by atoms with Crippen LogP contribution < -0.4 is 0 Å². The monoisotopic (exact) mass is 625 g/mol. The van der Waals surface area contributed by atoms with Gasteiger partial charge >= 0.3 is 11.9 Å². The number of esters is 2. The summed E-state index contributed by atoms with van der Waals surface area (Å²) in [6.45, 7) is 4.32. The van der Waals surface area contributed by atoms with Gasteiger partial charge in [-0.2, -0.15) is 0 Å². The van der Waals surface area contributed by atoms with Crippen LogP contribution in [-0.4, -0.2) is 36.4 Å². The fourth-order valence-electron chi connectivity index (χ4n) is 5.85. The summed E-state index contributed by atoms with van der Waals surface area (Å²) in [6, 6.07) is 0. The zero-order valence-electron chi connectivity index (χ0n) is 29.7. The molecule has 0 fully saturated rings. The molecule has 0 radical (unpaired) electrons. The van der Waals surface area contributed by atoms with Crippen molar-refractivity contribution in [1.29, 1.82) is 0 Å². The van der Waals surface area contributed by atoms with Gasteiger partial charge in [-0.1, -0.05) is 194 Å². The largest absolute Gasteiger partial charge is 0.463 e. The number of unbranched alkanes of at least 4 members (excludes halogenated alkanes) is 28. The first-order valence-electron chi connectivity index (χ1n) is 19.6. The highest BCUT2D eigenvalue weighted by Gasteiger charge is 2.12. The van der Waals surface area contributed by atoms with Crippen molar-refractivity contribution in [2.24, 2.45) is 0 Å². The first kappa shape index (κ1) is 42.9. The molecule has 44 heavy (non-hydrogen) atoms. The summed E-state index contributed by atoms with van der Waals surface area (Å²) in [4.78, 5) is 23.9. The van der Waals surface area contributed by atoms with E-state index in [1.165, 1.54) is 167 Å². The molecule has 0 saturated heterocycles. The lowest BCUT2D eigenvalue weighted by Crippen LogP contribution is -2.25. The molecule has 0 aliphatic heterocycles. The molecular weight excluding hydrogens is 548 g/mol. The third-order valence-electron chi connectivity index (χ3n) is 8.84. The van der Waals surface area contributed by atoms with Gasteiger partial charge < -0.3 is 14.6 Å². The standard InChI is InChI=1S/C39H76O5/c1-3-5-7-9-11-13-15-17-18-19-20-22-24-26-28-30-32-34-39(42)44-36-37(40)35-43-38(41)33-31-29-27-25-23-21-16-14-12-10-8-6-4-2/h37,40H,3-36H2,1-2H3/t37-/m0/s1. The number of hydrogen-bond acceptors (Lipinski definition) is 5. The van der Waals surface area contributed by atoms with Gasteiger partial charge in [0.1, 0.15) is 19.3 Å². The predicted octanol–water partition coefficient (Wildman–Crippen LogP) is 12.0. The Bertz CT molecular complexity index is 593. The smallest absolute Gasteiger partial charge is 0.305 e. The van der Waals surface area contributed by atoms with Gasteiger partial charge in [0.15, 0.2) is 0 Å². The molecule has 0 aliphatic carbocycles. The van der Waals surface area contributed by atoms with Gasteiger partial charge in [0, 0.05) is 12.8 Å². The number of aliphatic hydroxyl groups is 1. The molecule has 1 N–H and O–H groups in total. The van der Waals surface area contributed by atoms with Crippen molar-refractivity contribution >= 4 is 11.9 Å². The normalized spacial score (nSPS) is 12.0. The van der Waals surface area contributed by atoms with Crippen molar-refractivity contribution in [2.45, 2.75) is 225 Å². The first-order chi connectivity index (χ1) is 21.6. The van der Waals surface area contributed by atoms with E-state index in [-0.39, 0.29) is 25.2 Å². The molecule has 0 saturated carbocycles. The summed E-state index contributed by atoms with van der Waals surface area (Å²) in [7, 11) is 0. The van der Waals surface area contributed by atoms with E-state index in [1.54, 1.807) is 0 Å². The second-order valence-electron chi connectivity index (χ2n) is 13.4. The predicted molar refractivity (Wildman–Crippen MR) is 187 cm³/mol. The number of hydrogen-bond donors (Lipinski definition) is 1. The third-order valence-corrected chi connectivity index (χ3v) is 8.84. The van der Waals surface area contributed by atoms with Crippen LogP contribution in [0, 0.1) is 0 Å².